The third kappa shape index (κ3) is 2.90. The lowest BCUT2D eigenvalue weighted by Gasteiger charge is -2.09. The lowest BCUT2D eigenvalue weighted by molar-refractivity contribution is 0.478. The van der Waals surface area contributed by atoms with Crippen LogP contribution in [0.25, 0.3) is 0 Å². The highest BCUT2D eigenvalue weighted by atomic mass is 127. The minimum Gasteiger partial charge on any atom is -0.455 e. The van der Waals surface area contributed by atoms with Gasteiger partial charge in [-0.05, 0) is 46.9 Å². The van der Waals surface area contributed by atoms with Gasteiger partial charge in [-0.15, -0.1) is 0 Å². The van der Waals surface area contributed by atoms with Gasteiger partial charge in [-0.25, -0.2) is 0 Å². The predicted octanol–water partition coefficient (Wildman–Crippen LogP) is 4.61. The van der Waals surface area contributed by atoms with E-state index in [0.29, 0.717) is 22.1 Å². The summed E-state index contributed by atoms with van der Waals surface area (Å²) >= 11 is 8.07. The van der Waals surface area contributed by atoms with E-state index >= 15 is 0 Å². The van der Waals surface area contributed by atoms with Crippen LogP contribution in [0.2, 0.25) is 5.02 Å². The zero-order valence-corrected chi connectivity index (χ0v) is 11.6. The van der Waals surface area contributed by atoms with Crippen LogP contribution in [0.15, 0.2) is 42.5 Å². The number of benzene rings is 2. The second-order valence-corrected chi connectivity index (χ2v) is 4.88. The van der Waals surface area contributed by atoms with Gasteiger partial charge in [-0.3, -0.25) is 0 Å². The van der Waals surface area contributed by atoms with Gasteiger partial charge in [0.05, 0.1) is 9.13 Å². The SMILES string of the molecule is N#Cc1ccc(Cl)cc1Oc1ccccc1I. The van der Waals surface area contributed by atoms with Crippen molar-refractivity contribution in [3.05, 3.63) is 56.6 Å². The summed E-state index contributed by atoms with van der Waals surface area (Å²) in [5, 5.41) is 9.53. The first kappa shape index (κ1) is 12.2. The number of hydrogen-bond acceptors (Lipinski definition) is 2. The second-order valence-electron chi connectivity index (χ2n) is 3.28. The fourth-order valence-corrected chi connectivity index (χ4v) is 1.98. The Balaban J connectivity index is 2.40. The quantitative estimate of drug-likeness (QED) is 0.737. The van der Waals surface area contributed by atoms with E-state index in [-0.39, 0.29) is 0 Å². The molecule has 0 radical (unpaired) electrons. The van der Waals surface area contributed by atoms with E-state index < -0.39 is 0 Å². The number of nitrogens with zero attached hydrogens (tertiary/aromatic N) is 1. The first-order chi connectivity index (χ1) is 8.20. The van der Waals surface area contributed by atoms with Crippen molar-refractivity contribution >= 4 is 34.2 Å². The van der Waals surface area contributed by atoms with Crippen LogP contribution in [0.4, 0.5) is 0 Å². The molecular formula is C13H7ClINO. The Morgan fingerprint density at radius 3 is 2.59 bits per heavy atom. The van der Waals surface area contributed by atoms with Gasteiger partial charge in [-0.2, -0.15) is 5.26 Å². The normalized spacial score (nSPS) is 9.71. The minimum absolute atomic E-state index is 0.467. The van der Waals surface area contributed by atoms with Gasteiger partial charge < -0.3 is 4.74 Å². The third-order valence-corrected chi connectivity index (χ3v) is 3.25. The van der Waals surface area contributed by atoms with E-state index in [1.807, 2.05) is 24.3 Å². The monoisotopic (exact) mass is 355 g/mol. The Kier molecular flexibility index (Phi) is 3.87. The molecule has 0 saturated carbocycles. The fourth-order valence-electron chi connectivity index (χ4n) is 1.32. The standard InChI is InChI=1S/C13H7ClINO/c14-10-6-5-9(8-16)13(7-10)17-12-4-2-1-3-11(12)15/h1-7H. The molecule has 0 heterocycles. The Morgan fingerprint density at radius 1 is 1.12 bits per heavy atom. The number of nitriles is 1. The molecule has 0 bridgehead atoms. The van der Waals surface area contributed by atoms with Crippen LogP contribution in [-0.4, -0.2) is 0 Å². The molecule has 2 rings (SSSR count). The Labute approximate surface area is 118 Å². The molecule has 0 N–H and O–H groups in total. The Hall–Kier alpha value is -1.25. The number of ether oxygens (including phenoxy) is 1. The maximum atomic E-state index is 8.98. The summed E-state index contributed by atoms with van der Waals surface area (Å²) < 4.78 is 6.68. The minimum atomic E-state index is 0.467. The molecule has 0 amide bonds. The highest BCUT2D eigenvalue weighted by Gasteiger charge is 2.07. The van der Waals surface area contributed by atoms with Crippen molar-refractivity contribution in [2.24, 2.45) is 0 Å². The molecule has 0 aliphatic rings. The summed E-state index contributed by atoms with van der Waals surface area (Å²) in [7, 11) is 0. The van der Waals surface area contributed by atoms with Crippen LogP contribution in [0, 0.1) is 14.9 Å². The summed E-state index contributed by atoms with van der Waals surface area (Å²) in [5.74, 6) is 1.19. The number of halogens is 2. The smallest absolute Gasteiger partial charge is 0.146 e. The zero-order chi connectivity index (χ0) is 12.3. The van der Waals surface area contributed by atoms with Gasteiger partial charge in [0.25, 0.3) is 0 Å². The molecule has 0 aliphatic carbocycles. The lowest BCUT2D eigenvalue weighted by atomic mass is 10.2. The van der Waals surface area contributed by atoms with Crippen LogP contribution in [0.1, 0.15) is 5.56 Å². The Morgan fingerprint density at radius 2 is 1.88 bits per heavy atom. The first-order valence-corrected chi connectivity index (χ1v) is 6.28. The van der Waals surface area contributed by atoms with Crippen LogP contribution in [-0.2, 0) is 0 Å². The van der Waals surface area contributed by atoms with Crippen LogP contribution in [0.3, 0.4) is 0 Å². The summed E-state index contributed by atoms with van der Waals surface area (Å²) in [6.07, 6.45) is 0. The molecule has 2 nitrogen and oxygen atoms in total. The molecule has 2 aromatic carbocycles. The van der Waals surface area contributed by atoms with E-state index in [0.717, 1.165) is 3.57 Å². The van der Waals surface area contributed by atoms with E-state index in [1.165, 1.54) is 0 Å². The molecule has 0 aromatic heterocycles. The average Bonchev–Trinajstić information content (AvgIpc) is 2.32. The van der Waals surface area contributed by atoms with Crippen LogP contribution >= 0.6 is 34.2 Å². The highest BCUT2D eigenvalue weighted by molar-refractivity contribution is 14.1. The zero-order valence-electron chi connectivity index (χ0n) is 8.65. The van der Waals surface area contributed by atoms with E-state index in [2.05, 4.69) is 28.7 Å². The molecule has 0 fully saturated rings. The van der Waals surface area contributed by atoms with Crippen molar-refractivity contribution < 1.29 is 4.74 Å². The summed E-state index contributed by atoms with van der Waals surface area (Å²) in [4.78, 5) is 0. The largest absolute Gasteiger partial charge is 0.455 e. The van der Waals surface area contributed by atoms with Crippen molar-refractivity contribution in [2.45, 2.75) is 0 Å². The fraction of sp³-hybridized carbons (Fsp3) is 0. The number of hydrogen-bond donors (Lipinski definition) is 0. The predicted molar refractivity (Wildman–Crippen MR) is 75.4 cm³/mol. The lowest BCUT2D eigenvalue weighted by Crippen LogP contribution is -1.90. The second kappa shape index (κ2) is 5.39. The third-order valence-electron chi connectivity index (χ3n) is 2.12. The van der Waals surface area contributed by atoms with Crippen molar-refractivity contribution in [1.82, 2.24) is 0 Å². The van der Waals surface area contributed by atoms with E-state index in [9.17, 15) is 0 Å². The van der Waals surface area contributed by atoms with E-state index in [1.54, 1.807) is 18.2 Å². The van der Waals surface area contributed by atoms with Gasteiger partial charge in [0, 0.05) is 11.1 Å². The number of para-hydroxylation sites is 1. The maximum Gasteiger partial charge on any atom is 0.146 e. The number of rotatable bonds is 2. The van der Waals surface area contributed by atoms with Gasteiger partial charge in [0.15, 0.2) is 0 Å². The molecule has 0 spiro atoms. The van der Waals surface area contributed by atoms with Crippen LogP contribution in [0.5, 0.6) is 11.5 Å². The molecule has 84 valence electrons. The molecule has 0 saturated heterocycles. The van der Waals surface area contributed by atoms with Crippen molar-refractivity contribution in [3.63, 3.8) is 0 Å². The molecule has 0 aliphatic heterocycles. The van der Waals surface area contributed by atoms with Gasteiger partial charge >= 0.3 is 0 Å². The van der Waals surface area contributed by atoms with Crippen LogP contribution < -0.4 is 4.74 Å². The van der Waals surface area contributed by atoms with Gasteiger partial charge in [0.1, 0.15) is 17.6 Å². The highest BCUT2D eigenvalue weighted by Crippen LogP contribution is 2.30. The van der Waals surface area contributed by atoms with E-state index in [4.69, 9.17) is 21.6 Å². The Bertz CT molecular complexity index is 592. The molecular weight excluding hydrogens is 349 g/mol. The summed E-state index contributed by atoms with van der Waals surface area (Å²) in [6.45, 7) is 0. The summed E-state index contributed by atoms with van der Waals surface area (Å²) in [6, 6.07) is 14.6. The molecule has 17 heavy (non-hydrogen) atoms. The van der Waals surface area contributed by atoms with Crippen molar-refractivity contribution in [1.29, 1.82) is 5.26 Å². The topological polar surface area (TPSA) is 33.0 Å². The molecule has 2 aromatic rings. The van der Waals surface area contributed by atoms with Gasteiger partial charge in [-0.1, -0.05) is 23.7 Å². The molecule has 4 heteroatoms. The average molecular weight is 356 g/mol. The first-order valence-electron chi connectivity index (χ1n) is 4.83. The van der Waals surface area contributed by atoms with Crippen molar-refractivity contribution in [3.8, 4) is 17.6 Å². The maximum absolute atomic E-state index is 8.98. The van der Waals surface area contributed by atoms with Crippen molar-refractivity contribution in [2.75, 3.05) is 0 Å². The summed E-state index contributed by atoms with van der Waals surface area (Å²) in [5.41, 5.74) is 0.467. The molecule has 0 unspecified atom stereocenters. The molecule has 0 atom stereocenters. The van der Waals surface area contributed by atoms with Gasteiger partial charge in [0.2, 0.25) is 0 Å².